The summed E-state index contributed by atoms with van der Waals surface area (Å²) in [5.41, 5.74) is 0.948. The van der Waals surface area contributed by atoms with Gasteiger partial charge in [-0.15, -0.1) is 0 Å². The maximum Gasteiger partial charge on any atom is 0.164 e. The Morgan fingerprint density at radius 2 is 1.86 bits per heavy atom. The topological polar surface area (TPSA) is 21.6 Å². The predicted molar refractivity (Wildman–Crippen MR) is 59.3 cm³/mol. The molecule has 0 saturated carbocycles. The molecular weight excluding hydrogens is 174 g/mol. The molecule has 0 N–H and O–H groups in total. The molecule has 2 nitrogen and oxygen atoms in total. The fourth-order valence-electron chi connectivity index (χ4n) is 1.36. The summed E-state index contributed by atoms with van der Waals surface area (Å²) in [7, 11) is 0. The molecule has 0 amide bonds. The average molecular weight is 191 g/mol. The Morgan fingerprint density at radius 3 is 2.36 bits per heavy atom. The fourth-order valence-corrected chi connectivity index (χ4v) is 1.36. The van der Waals surface area contributed by atoms with Gasteiger partial charge < -0.3 is 4.84 Å². The zero-order chi connectivity index (χ0) is 10.4. The van der Waals surface area contributed by atoms with Crippen LogP contribution in [0.25, 0.3) is 0 Å². The van der Waals surface area contributed by atoms with Crippen molar-refractivity contribution in [1.82, 2.24) is 0 Å². The zero-order valence-electron chi connectivity index (χ0n) is 9.03. The van der Waals surface area contributed by atoms with Gasteiger partial charge in [0, 0.05) is 12.6 Å². The first-order valence-corrected chi connectivity index (χ1v) is 5.07. The van der Waals surface area contributed by atoms with Crippen LogP contribution in [0.1, 0.15) is 32.8 Å². The maximum atomic E-state index is 5.30. The highest BCUT2D eigenvalue weighted by molar-refractivity contribution is 5.60. The lowest BCUT2D eigenvalue weighted by atomic mass is 9.94. The summed E-state index contributed by atoms with van der Waals surface area (Å²) in [5, 5.41) is 3.79. The highest BCUT2D eigenvalue weighted by Gasteiger charge is 2.31. The van der Waals surface area contributed by atoms with Crippen LogP contribution < -0.4 is 0 Å². The number of hydrogen-bond donors (Lipinski definition) is 0. The molecular formula is C12H17NO. The van der Waals surface area contributed by atoms with E-state index in [2.05, 4.69) is 24.2 Å². The molecule has 14 heavy (non-hydrogen) atoms. The normalized spacial score (nSPS) is 23.6. The van der Waals surface area contributed by atoms with Crippen LogP contribution in [0.15, 0.2) is 35.5 Å². The van der Waals surface area contributed by atoms with Crippen molar-refractivity contribution in [1.29, 1.82) is 0 Å². The highest BCUT2D eigenvalue weighted by atomic mass is 16.7. The van der Waals surface area contributed by atoms with E-state index in [4.69, 9.17) is 4.84 Å². The van der Waals surface area contributed by atoms with E-state index in [-0.39, 0.29) is 5.60 Å². The minimum atomic E-state index is -0.235. The van der Waals surface area contributed by atoms with Crippen molar-refractivity contribution >= 4 is 6.21 Å². The van der Waals surface area contributed by atoms with Gasteiger partial charge >= 0.3 is 0 Å². The van der Waals surface area contributed by atoms with Crippen LogP contribution in [0.3, 0.4) is 0 Å². The van der Waals surface area contributed by atoms with Crippen molar-refractivity contribution in [3.63, 3.8) is 0 Å². The first kappa shape index (κ1) is 10.8. The molecule has 0 fully saturated rings. The molecule has 2 rings (SSSR count). The van der Waals surface area contributed by atoms with E-state index < -0.39 is 0 Å². The Balaban J connectivity index is 0.000000461. The molecule has 1 aliphatic rings. The van der Waals surface area contributed by atoms with Crippen molar-refractivity contribution < 1.29 is 4.84 Å². The van der Waals surface area contributed by atoms with E-state index in [0.717, 1.165) is 6.42 Å². The SMILES string of the molecule is CC.CC1(c2ccccc2)CC=NO1. The molecule has 1 unspecified atom stereocenters. The van der Waals surface area contributed by atoms with Gasteiger partial charge in [-0.2, -0.15) is 0 Å². The summed E-state index contributed by atoms with van der Waals surface area (Å²) in [4.78, 5) is 5.30. The first-order valence-electron chi connectivity index (χ1n) is 5.07. The zero-order valence-corrected chi connectivity index (χ0v) is 9.03. The quantitative estimate of drug-likeness (QED) is 0.667. The summed E-state index contributed by atoms with van der Waals surface area (Å²) in [6, 6.07) is 10.2. The minimum Gasteiger partial charge on any atom is -0.385 e. The predicted octanol–water partition coefficient (Wildman–Crippen LogP) is 3.33. The summed E-state index contributed by atoms with van der Waals surface area (Å²) in [6.45, 7) is 6.05. The van der Waals surface area contributed by atoms with Crippen LogP contribution in [0.4, 0.5) is 0 Å². The van der Waals surface area contributed by atoms with Crippen LogP contribution in [-0.2, 0) is 10.4 Å². The lowest BCUT2D eigenvalue weighted by Gasteiger charge is -2.21. The van der Waals surface area contributed by atoms with Crippen LogP contribution in [0, 0.1) is 0 Å². The van der Waals surface area contributed by atoms with E-state index in [1.165, 1.54) is 5.56 Å². The van der Waals surface area contributed by atoms with Crippen molar-refractivity contribution in [2.45, 2.75) is 32.8 Å². The monoisotopic (exact) mass is 191 g/mol. The summed E-state index contributed by atoms with van der Waals surface area (Å²) < 4.78 is 0. The van der Waals surface area contributed by atoms with Crippen molar-refractivity contribution in [2.75, 3.05) is 0 Å². The highest BCUT2D eigenvalue weighted by Crippen LogP contribution is 2.31. The molecule has 76 valence electrons. The lowest BCUT2D eigenvalue weighted by Crippen LogP contribution is -2.19. The molecule has 1 atom stereocenters. The van der Waals surface area contributed by atoms with Gasteiger partial charge in [-0.1, -0.05) is 49.3 Å². The maximum absolute atomic E-state index is 5.30. The number of benzene rings is 1. The van der Waals surface area contributed by atoms with Crippen LogP contribution in [0.2, 0.25) is 0 Å². The third kappa shape index (κ3) is 2.13. The van der Waals surface area contributed by atoms with E-state index in [0.29, 0.717) is 0 Å². The van der Waals surface area contributed by atoms with Crippen LogP contribution in [-0.4, -0.2) is 6.21 Å². The van der Waals surface area contributed by atoms with Gasteiger partial charge in [0.15, 0.2) is 5.60 Å². The smallest absolute Gasteiger partial charge is 0.164 e. The Kier molecular flexibility index (Phi) is 3.69. The fraction of sp³-hybridized carbons (Fsp3) is 0.417. The average Bonchev–Trinajstić information content (AvgIpc) is 2.71. The second-order valence-corrected chi connectivity index (χ2v) is 3.18. The second kappa shape index (κ2) is 4.80. The number of rotatable bonds is 1. The molecule has 0 aromatic heterocycles. The van der Waals surface area contributed by atoms with Gasteiger partial charge in [0.05, 0.1) is 0 Å². The summed E-state index contributed by atoms with van der Waals surface area (Å²) in [6.07, 6.45) is 2.67. The molecule has 1 aromatic carbocycles. The molecule has 0 radical (unpaired) electrons. The summed E-state index contributed by atoms with van der Waals surface area (Å²) in [5.74, 6) is 0. The molecule has 0 saturated heterocycles. The van der Waals surface area contributed by atoms with Gasteiger partial charge in [0.2, 0.25) is 0 Å². The number of hydrogen-bond acceptors (Lipinski definition) is 2. The molecule has 0 aliphatic carbocycles. The first-order chi connectivity index (χ1) is 6.81. The van der Waals surface area contributed by atoms with E-state index in [9.17, 15) is 0 Å². The Morgan fingerprint density at radius 1 is 1.21 bits per heavy atom. The van der Waals surface area contributed by atoms with E-state index in [1.807, 2.05) is 38.3 Å². The number of nitrogens with zero attached hydrogens (tertiary/aromatic N) is 1. The van der Waals surface area contributed by atoms with Gasteiger partial charge in [-0.3, -0.25) is 0 Å². The Bertz CT molecular complexity index is 284. The van der Waals surface area contributed by atoms with Crippen LogP contribution >= 0.6 is 0 Å². The second-order valence-electron chi connectivity index (χ2n) is 3.18. The molecule has 2 heteroatoms. The molecule has 1 aliphatic heterocycles. The Labute approximate surface area is 85.6 Å². The molecule has 1 heterocycles. The van der Waals surface area contributed by atoms with Crippen molar-refractivity contribution in [2.24, 2.45) is 5.16 Å². The molecule has 0 spiro atoms. The molecule has 1 aromatic rings. The Hall–Kier alpha value is -1.31. The van der Waals surface area contributed by atoms with Gasteiger partial charge in [0.25, 0.3) is 0 Å². The van der Waals surface area contributed by atoms with E-state index >= 15 is 0 Å². The summed E-state index contributed by atoms with van der Waals surface area (Å²) >= 11 is 0. The van der Waals surface area contributed by atoms with Crippen molar-refractivity contribution in [3.05, 3.63) is 35.9 Å². The largest absolute Gasteiger partial charge is 0.385 e. The number of oxime groups is 1. The van der Waals surface area contributed by atoms with Crippen LogP contribution in [0.5, 0.6) is 0 Å². The third-order valence-corrected chi connectivity index (χ3v) is 2.19. The van der Waals surface area contributed by atoms with Gasteiger partial charge in [-0.05, 0) is 12.5 Å². The van der Waals surface area contributed by atoms with Crippen molar-refractivity contribution in [3.8, 4) is 0 Å². The molecule has 0 bridgehead atoms. The van der Waals surface area contributed by atoms with E-state index in [1.54, 1.807) is 0 Å². The van der Waals surface area contributed by atoms with Gasteiger partial charge in [0.1, 0.15) is 0 Å². The lowest BCUT2D eigenvalue weighted by molar-refractivity contribution is -0.00738. The van der Waals surface area contributed by atoms with Gasteiger partial charge in [-0.25, -0.2) is 0 Å². The third-order valence-electron chi connectivity index (χ3n) is 2.19. The minimum absolute atomic E-state index is 0.235. The standard InChI is InChI=1S/C10H11NO.C2H6/c1-10(7-8-11-12-10)9-5-3-2-4-6-9;1-2/h2-6,8H,7H2,1H3;1-2H3.